The SMILES string of the molecule is CCOc1cccc(-c2ccc(CN3CCN(c4ccc(C(=O)NS(=O)(=O)c5ccc(NCCSc6ccccc6)c([N+](=O)[O-])c5)nn4)CC3)c(OC)c2)c1. The summed E-state index contributed by atoms with van der Waals surface area (Å²) in [6.45, 7) is 6.48. The molecule has 1 aliphatic rings. The third-order valence-corrected chi connectivity index (χ3v) is 11.2. The number of hydrogen-bond donors (Lipinski definition) is 2. The Balaban J connectivity index is 1.01. The number of nitrogens with one attached hydrogen (secondary N) is 2. The van der Waals surface area contributed by atoms with Gasteiger partial charge in [0.15, 0.2) is 11.5 Å². The number of carbonyl (C=O) groups excluding carboxylic acids is 1. The highest BCUT2D eigenvalue weighted by Gasteiger charge is 2.25. The summed E-state index contributed by atoms with van der Waals surface area (Å²) >= 11 is 1.58. The molecular weight excluding hydrogens is 743 g/mol. The average Bonchev–Trinajstić information content (AvgIpc) is 3.20. The van der Waals surface area contributed by atoms with E-state index in [9.17, 15) is 23.3 Å². The van der Waals surface area contributed by atoms with Crippen LogP contribution in [0, 0.1) is 10.1 Å². The Kier molecular flexibility index (Phi) is 12.8. The second-order valence-electron chi connectivity index (χ2n) is 12.5. The van der Waals surface area contributed by atoms with E-state index in [1.54, 1.807) is 24.9 Å². The Morgan fingerprint density at radius 3 is 2.40 bits per heavy atom. The Labute approximate surface area is 324 Å². The number of sulfonamides is 1. The minimum Gasteiger partial charge on any atom is -0.496 e. The zero-order valence-electron chi connectivity index (χ0n) is 30.4. The van der Waals surface area contributed by atoms with Gasteiger partial charge in [0.2, 0.25) is 0 Å². The fourth-order valence-corrected chi connectivity index (χ4v) is 7.83. The number of methoxy groups -OCH3 is 1. The molecule has 1 aliphatic heterocycles. The molecule has 2 N–H and O–H groups in total. The number of nitrogens with zero attached hydrogens (tertiary/aromatic N) is 5. The van der Waals surface area contributed by atoms with E-state index in [-0.39, 0.29) is 11.4 Å². The van der Waals surface area contributed by atoms with Crippen LogP contribution in [0.5, 0.6) is 11.5 Å². The minimum atomic E-state index is -4.46. The van der Waals surface area contributed by atoms with Gasteiger partial charge in [-0.25, -0.2) is 13.1 Å². The van der Waals surface area contributed by atoms with Crippen molar-refractivity contribution in [2.45, 2.75) is 23.3 Å². The van der Waals surface area contributed by atoms with Crippen molar-refractivity contribution in [3.05, 3.63) is 124 Å². The maximum absolute atomic E-state index is 13.1. The first-order chi connectivity index (χ1) is 26.6. The van der Waals surface area contributed by atoms with Gasteiger partial charge in [-0.1, -0.05) is 42.5 Å². The van der Waals surface area contributed by atoms with Crippen molar-refractivity contribution in [1.29, 1.82) is 0 Å². The van der Waals surface area contributed by atoms with Crippen LogP contribution < -0.4 is 24.4 Å². The molecule has 55 heavy (non-hydrogen) atoms. The molecule has 0 bridgehead atoms. The number of anilines is 2. The maximum Gasteiger partial charge on any atom is 0.293 e. The molecular formula is C39H41N7O7S2. The number of ether oxygens (including phenoxy) is 2. The molecule has 4 aromatic carbocycles. The van der Waals surface area contributed by atoms with Crippen LogP contribution in [0.25, 0.3) is 11.1 Å². The number of piperazine rings is 1. The van der Waals surface area contributed by atoms with Crippen LogP contribution >= 0.6 is 11.8 Å². The van der Waals surface area contributed by atoms with Crippen LogP contribution in [0.3, 0.4) is 0 Å². The van der Waals surface area contributed by atoms with Crippen molar-refractivity contribution in [3.63, 3.8) is 0 Å². The number of hydrogen-bond acceptors (Lipinski definition) is 13. The predicted molar refractivity (Wildman–Crippen MR) is 213 cm³/mol. The van der Waals surface area contributed by atoms with E-state index >= 15 is 0 Å². The van der Waals surface area contributed by atoms with E-state index in [0.717, 1.165) is 52.2 Å². The Morgan fingerprint density at radius 2 is 1.69 bits per heavy atom. The van der Waals surface area contributed by atoms with Gasteiger partial charge < -0.3 is 19.7 Å². The summed E-state index contributed by atoms with van der Waals surface area (Å²) in [5.41, 5.74) is 2.68. The van der Waals surface area contributed by atoms with Crippen molar-refractivity contribution in [1.82, 2.24) is 19.8 Å². The van der Waals surface area contributed by atoms with Gasteiger partial charge >= 0.3 is 0 Å². The smallest absolute Gasteiger partial charge is 0.293 e. The summed E-state index contributed by atoms with van der Waals surface area (Å²) in [6, 6.07) is 30.4. The molecule has 0 aliphatic carbocycles. The fourth-order valence-electron chi connectivity index (χ4n) is 6.06. The van der Waals surface area contributed by atoms with Crippen LogP contribution in [0.1, 0.15) is 23.0 Å². The molecule has 5 aromatic rings. The van der Waals surface area contributed by atoms with Gasteiger partial charge in [-0.05, 0) is 72.6 Å². The molecule has 6 rings (SSSR count). The van der Waals surface area contributed by atoms with Crippen molar-refractivity contribution in [2.75, 3.05) is 62.4 Å². The van der Waals surface area contributed by atoms with Gasteiger partial charge in [0, 0.05) is 61.5 Å². The van der Waals surface area contributed by atoms with Gasteiger partial charge in [-0.3, -0.25) is 19.8 Å². The number of nitro benzene ring substituents is 1. The number of nitro groups is 1. The molecule has 0 atom stereocenters. The Morgan fingerprint density at radius 1 is 0.909 bits per heavy atom. The van der Waals surface area contributed by atoms with Crippen LogP contribution in [-0.4, -0.2) is 86.5 Å². The molecule has 1 saturated heterocycles. The van der Waals surface area contributed by atoms with Gasteiger partial charge in [0.1, 0.15) is 17.2 Å². The number of rotatable bonds is 16. The van der Waals surface area contributed by atoms with Gasteiger partial charge in [-0.15, -0.1) is 22.0 Å². The fraction of sp³-hybridized carbons (Fsp3) is 0.256. The van der Waals surface area contributed by atoms with Crippen LogP contribution in [0.15, 0.2) is 113 Å². The molecule has 0 unspecified atom stereocenters. The summed E-state index contributed by atoms with van der Waals surface area (Å²) in [6.07, 6.45) is 0. The predicted octanol–water partition coefficient (Wildman–Crippen LogP) is 6.10. The van der Waals surface area contributed by atoms with E-state index in [1.807, 2.05) is 77.2 Å². The lowest BCUT2D eigenvalue weighted by atomic mass is 10.0. The minimum absolute atomic E-state index is 0.167. The molecule has 1 amide bonds. The average molecular weight is 784 g/mol. The Hall–Kier alpha value is -5.71. The summed E-state index contributed by atoms with van der Waals surface area (Å²) < 4.78 is 39.6. The lowest BCUT2D eigenvalue weighted by Crippen LogP contribution is -2.46. The molecule has 0 radical (unpaired) electrons. The molecule has 0 saturated carbocycles. The number of carbonyl (C=O) groups is 1. The quantitative estimate of drug-likeness (QED) is 0.0510. The molecule has 14 nitrogen and oxygen atoms in total. The lowest BCUT2D eigenvalue weighted by Gasteiger charge is -2.35. The van der Waals surface area contributed by atoms with E-state index in [0.29, 0.717) is 44.4 Å². The highest BCUT2D eigenvalue weighted by atomic mass is 32.2. The van der Waals surface area contributed by atoms with Gasteiger partial charge in [0.05, 0.1) is 23.5 Å². The number of benzene rings is 4. The zero-order valence-corrected chi connectivity index (χ0v) is 32.0. The summed E-state index contributed by atoms with van der Waals surface area (Å²) in [5.74, 6) is 1.80. The Bertz CT molecular complexity index is 2220. The van der Waals surface area contributed by atoms with Crippen molar-refractivity contribution < 1.29 is 27.6 Å². The van der Waals surface area contributed by atoms with E-state index in [2.05, 4.69) is 32.5 Å². The van der Waals surface area contributed by atoms with Crippen LogP contribution in [0.4, 0.5) is 17.2 Å². The first-order valence-corrected chi connectivity index (χ1v) is 20.1. The first-order valence-electron chi connectivity index (χ1n) is 17.6. The molecule has 0 spiro atoms. The monoisotopic (exact) mass is 783 g/mol. The largest absolute Gasteiger partial charge is 0.496 e. The summed E-state index contributed by atoms with van der Waals surface area (Å²) in [4.78, 5) is 29.1. The number of amides is 1. The van der Waals surface area contributed by atoms with Crippen LogP contribution in [-0.2, 0) is 16.6 Å². The molecule has 16 heteroatoms. The third-order valence-electron chi connectivity index (χ3n) is 8.87. The lowest BCUT2D eigenvalue weighted by molar-refractivity contribution is -0.384. The standard InChI is InChI=1S/C39H41N7O7S2/c1-3-53-31-9-7-8-28(24-31)29-12-13-30(37(25-29)52-2)27-44-19-21-45(22-20-44)38-17-16-35(41-42-38)39(47)43-55(50,51)33-14-15-34(36(26-33)46(48)49)40-18-23-54-32-10-5-4-6-11-32/h4-17,24-26,40H,3,18-23,27H2,1-2H3,(H,43,47). The van der Waals surface area contributed by atoms with Crippen molar-refractivity contribution in [3.8, 4) is 22.6 Å². The molecule has 1 aromatic heterocycles. The number of thioether (sulfide) groups is 1. The molecule has 1 fully saturated rings. The number of aromatic nitrogens is 2. The maximum atomic E-state index is 13.1. The summed E-state index contributed by atoms with van der Waals surface area (Å²) in [5, 5.41) is 23.0. The summed E-state index contributed by atoms with van der Waals surface area (Å²) in [7, 11) is -2.79. The third kappa shape index (κ3) is 10.1. The van der Waals surface area contributed by atoms with Crippen molar-refractivity contribution >= 4 is 44.9 Å². The normalized spacial score (nSPS) is 13.2. The van der Waals surface area contributed by atoms with E-state index < -0.39 is 31.4 Å². The van der Waals surface area contributed by atoms with E-state index in [1.165, 1.54) is 18.2 Å². The van der Waals surface area contributed by atoms with E-state index in [4.69, 9.17) is 9.47 Å². The second kappa shape index (κ2) is 18.1. The highest BCUT2D eigenvalue weighted by molar-refractivity contribution is 7.99. The highest BCUT2D eigenvalue weighted by Crippen LogP contribution is 2.31. The van der Waals surface area contributed by atoms with Gasteiger partial charge in [-0.2, -0.15) is 0 Å². The van der Waals surface area contributed by atoms with Crippen molar-refractivity contribution in [2.24, 2.45) is 0 Å². The topological polar surface area (TPSA) is 169 Å². The molecule has 2 heterocycles. The second-order valence-corrected chi connectivity index (χ2v) is 15.3. The zero-order chi connectivity index (χ0) is 38.8. The van der Waals surface area contributed by atoms with Crippen LogP contribution in [0.2, 0.25) is 0 Å². The molecule has 286 valence electrons. The van der Waals surface area contributed by atoms with Gasteiger partial charge in [0.25, 0.3) is 21.6 Å². The first kappa shape index (κ1) is 39.0.